The van der Waals surface area contributed by atoms with Gasteiger partial charge in [-0.2, -0.15) is 5.10 Å². The number of halogens is 4. The number of H-pyrrole nitrogens is 1. The number of hydrogen-bond donors (Lipinski definition) is 1. The van der Waals surface area contributed by atoms with Gasteiger partial charge in [-0.1, -0.05) is 0 Å². The molecule has 0 saturated heterocycles. The highest BCUT2D eigenvalue weighted by Crippen LogP contribution is 2.41. The van der Waals surface area contributed by atoms with Crippen LogP contribution in [0.25, 0.3) is 10.9 Å². The van der Waals surface area contributed by atoms with E-state index in [1.807, 2.05) is 19.1 Å². The third kappa shape index (κ3) is 3.71. The van der Waals surface area contributed by atoms with Crippen LogP contribution < -0.4 is 4.74 Å². The highest BCUT2D eigenvalue weighted by atomic mass is 79.9. The molecule has 2 aromatic carbocycles. The Hall–Kier alpha value is -3.27. The number of rotatable bonds is 4. The molecule has 10 heteroatoms. The van der Waals surface area contributed by atoms with E-state index in [0.29, 0.717) is 46.3 Å². The van der Waals surface area contributed by atoms with E-state index in [9.17, 15) is 13.6 Å². The van der Waals surface area contributed by atoms with Gasteiger partial charge in [-0.3, -0.25) is 9.48 Å². The second kappa shape index (κ2) is 8.75. The minimum atomic E-state index is -1.29. The Labute approximate surface area is 207 Å². The topological polar surface area (TPSA) is 63.2 Å². The van der Waals surface area contributed by atoms with Crippen molar-refractivity contribution < 1.29 is 22.7 Å². The number of carbonyl (C=O) groups excluding carboxylic acids is 1. The maximum absolute atomic E-state index is 15.1. The lowest BCUT2D eigenvalue weighted by Crippen LogP contribution is -2.42. The molecule has 1 atom stereocenters. The average molecular weight is 547 g/mol. The van der Waals surface area contributed by atoms with Gasteiger partial charge in [0.05, 0.1) is 17.3 Å². The van der Waals surface area contributed by atoms with Crippen LogP contribution in [-0.4, -0.2) is 39.2 Å². The fourth-order valence-corrected chi connectivity index (χ4v) is 5.27. The maximum atomic E-state index is 15.1. The number of nitrogens with one attached hydrogen (secondary N) is 1. The first-order valence-electron chi connectivity index (χ1n) is 11.1. The van der Waals surface area contributed by atoms with E-state index in [0.717, 1.165) is 22.5 Å². The summed E-state index contributed by atoms with van der Waals surface area (Å²) >= 11 is 3.46. The third-order valence-corrected chi connectivity index (χ3v) is 7.44. The van der Waals surface area contributed by atoms with E-state index in [2.05, 4.69) is 26.0 Å². The number of methoxy groups -OCH3 is 1. The number of ether oxygens (including phenoxy) is 1. The molecule has 35 heavy (non-hydrogen) atoms. The average Bonchev–Trinajstić information content (AvgIpc) is 3.36. The van der Waals surface area contributed by atoms with Gasteiger partial charge >= 0.3 is 0 Å². The lowest BCUT2D eigenvalue weighted by molar-refractivity contribution is 0.0675. The normalized spacial score (nSPS) is 15.5. The van der Waals surface area contributed by atoms with Crippen LogP contribution in [0.1, 0.15) is 46.0 Å². The summed E-state index contributed by atoms with van der Waals surface area (Å²) in [6.07, 6.45) is 0.479. The molecule has 6 nitrogen and oxygen atoms in total. The summed E-state index contributed by atoms with van der Waals surface area (Å²) < 4.78 is 50.8. The largest absolute Gasteiger partial charge is 0.497 e. The van der Waals surface area contributed by atoms with Gasteiger partial charge in [0.2, 0.25) is 0 Å². The van der Waals surface area contributed by atoms with Gasteiger partial charge in [-0.25, -0.2) is 13.2 Å². The fourth-order valence-electron chi connectivity index (χ4n) is 4.81. The minimum absolute atomic E-state index is 0.132. The summed E-state index contributed by atoms with van der Waals surface area (Å²) in [5, 5.41) is 5.27. The number of fused-ring (bicyclic) bond motifs is 3. The first-order valence-corrected chi connectivity index (χ1v) is 11.9. The van der Waals surface area contributed by atoms with Crippen molar-refractivity contribution >= 4 is 32.7 Å². The van der Waals surface area contributed by atoms with E-state index in [4.69, 9.17) is 4.74 Å². The highest BCUT2D eigenvalue weighted by molar-refractivity contribution is 9.10. The predicted octanol–water partition coefficient (Wildman–Crippen LogP) is 5.67. The van der Waals surface area contributed by atoms with Crippen LogP contribution in [-0.2, 0) is 13.0 Å². The Kier molecular flexibility index (Phi) is 5.86. The number of aryl methyl sites for hydroxylation is 2. The highest BCUT2D eigenvalue weighted by Gasteiger charge is 2.39. The second-order valence-electron chi connectivity index (χ2n) is 8.43. The number of aromatic amines is 1. The van der Waals surface area contributed by atoms with Crippen molar-refractivity contribution in [2.45, 2.75) is 32.9 Å². The van der Waals surface area contributed by atoms with Crippen molar-refractivity contribution in [1.29, 1.82) is 0 Å². The molecule has 0 fully saturated rings. The zero-order valence-electron chi connectivity index (χ0n) is 19.3. The van der Waals surface area contributed by atoms with Gasteiger partial charge < -0.3 is 14.6 Å². The second-order valence-corrected chi connectivity index (χ2v) is 9.22. The van der Waals surface area contributed by atoms with E-state index >= 15 is 4.39 Å². The molecular weight excluding hydrogens is 525 g/mol. The van der Waals surface area contributed by atoms with Crippen molar-refractivity contribution in [3.8, 4) is 5.75 Å². The lowest BCUT2D eigenvalue weighted by atomic mass is 9.91. The van der Waals surface area contributed by atoms with E-state index in [1.165, 1.54) is 4.90 Å². The summed E-state index contributed by atoms with van der Waals surface area (Å²) in [5.41, 5.74) is 3.02. The minimum Gasteiger partial charge on any atom is -0.497 e. The van der Waals surface area contributed by atoms with Gasteiger partial charge in [0, 0.05) is 41.3 Å². The molecule has 0 bridgehead atoms. The summed E-state index contributed by atoms with van der Waals surface area (Å²) in [5.74, 6) is -3.15. The molecule has 2 aromatic heterocycles. The van der Waals surface area contributed by atoms with Crippen LogP contribution in [0, 0.1) is 24.4 Å². The van der Waals surface area contributed by atoms with Crippen molar-refractivity contribution in [3.63, 3.8) is 0 Å². The van der Waals surface area contributed by atoms with E-state index < -0.39 is 29.4 Å². The number of amides is 1. The lowest BCUT2D eigenvalue weighted by Gasteiger charge is -2.36. The first-order chi connectivity index (χ1) is 16.7. The van der Waals surface area contributed by atoms with Gasteiger partial charge in [-0.05, 0) is 66.0 Å². The molecule has 5 rings (SSSR count). The maximum Gasteiger partial charge on any atom is 0.274 e. The summed E-state index contributed by atoms with van der Waals surface area (Å²) in [6, 6.07) is 5.83. The van der Waals surface area contributed by atoms with Crippen LogP contribution in [0.3, 0.4) is 0 Å². The predicted molar refractivity (Wildman–Crippen MR) is 128 cm³/mol. The summed E-state index contributed by atoms with van der Waals surface area (Å²) in [7, 11) is 1.57. The molecule has 1 unspecified atom stereocenters. The Bertz CT molecular complexity index is 1480. The quantitative estimate of drug-likeness (QED) is 0.335. The zero-order valence-corrected chi connectivity index (χ0v) is 20.8. The Morgan fingerprint density at radius 1 is 1.20 bits per heavy atom. The molecule has 4 aromatic rings. The van der Waals surface area contributed by atoms with E-state index in [1.54, 1.807) is 24.8 Å². The molecule has 0 aliphatic carbocycles. The molecule has 1 amide bonds. The number of nitrogens with zero attached hydrogens (tertiary/aromatic N) is 3. The smallest absolute Gasteiger partial charge is 0.274 e. The zero-order chi connectivity index (χ0) is 25.0. The molecular formula is C25H22BrF3N4O2. The number of carbonyl (C=O) groups is 1. The Morgan fingerprint density at radius 2 is 1.94 bits per heavy atom. The Balaban J connectivity index is 1.73. The molecule has 1 aliphatic rings. The van der Waals surface area contributed by atoms with Crippen molar-refractivity contribution in [2.24, 2.45) is 0 Å². The van der Waals surface area contributed by atoms with Crippen LogP contribution in [0.15, 0.2) is 34.8 Å². The van der Waals surface area contributed by atoms with Gasteiger partial charge in [-0.15, -0.1) is 0 Å². The van der Waals surface area contributed by atoms with Crippen LogP contribution in [0.5, 0.6) is 5.75 Å². The molecule has 0 spiro atoms. The van der Waals surface area contributed by atoms with Crippen molar-refractivity contribution in [2.75, 3.05) is 13.7 Å². The third-order valence-electron chi connectivity index (χ3n) is 6.49. The van der Waals surface area contributed by atoms with Gasteiger partial charge in [0.1, 0.15) is 23.3 Å². The molecule has 3 heterocycles. The SMILES string of the molecule is CCn1nc(C)c(Br)c1C(=O)N1CCc2c([nH]c3ccc(OC)cc23)C1c1cc(F)c(F)cc1F. The van der Waals surface area contributed by atoms with Crippen molar-refractivity contribution in [1.82, 2.24) is 19.7 Å². The first kappa shape index (κ1) is 23.5. The Morgan fingerprint density at radius 3 is 2.66 bits per heavy atom. The monoisotopic (exact) mass is 546 g/mol. The molecule has 1 N–H and O–H groups in total. The van der Waals surface area contributed by atoms with Gasteiger partial charge in [0.25, 0.3) is 5.91 Å². The van der Waals surface area contributed by atoms with Crippen LogP contribution >= 0.6 is 15.9 Å². The summed E-state index contributed by atoms with van der Waals surface area (Å²) in [6.45, 7) is 4.32. The van der Waals surface area contributed by atoms with Crippen molar-refractivity contribution in [3.05, 3.63) is 80.5 Å². The number of hydrogen-bond acceptors (Lipinski definition) is 3. The van der Waals surface area contributed by atoms with Crippen LogP contribution in [0.2, 0.25) is 0 Å². The fraction of sp³-hybridized carbons (Fsp3) is 0.280. The molecule has 0 saturated carbocycles. The molecule has 182 valence electrons. The van der Waals surface area contributed by atoms with Crippen LogP contribution in [0.4, 0.5) is 13.2 Å². The number of aromatic nitrogens is 3. The van der Waals surface area contributed by atoms with E-state index in [-0.39, 0.29) is 12.1 Å². The number of benzene rings is 2. The van der Waals surface area contributed by atoms with Gasteiger partial charge in [0.15, 0.2) is 11.6 Å². The molecule has 0 radical (unpaired) electrons. The standard InChI is InChI=1S/C25H22BrF3N4O2/c1-4-33-24(21(26)12(2)31-33)25(34)32-8-7-14-15-9-13(35-3)5-6-20(15)30-22(14)23(32)16-10-18(28)19(29)11-17(16)27/h5-6,9-11,23,30H,4,7-8H2,1-3H3. The summed E-state index contributed by atoms with van der Waals surface area (Å²) in [4.78, 5) is 18.7. The molecule has 1 aliphatic heterocycles.